The molecule has 0 bridgehead atoms. The van der Waals surface area contributed by atoms with Crippen LogP contribution in [0.3, 0.4) is 0 Å². The standard InChI is InChI=1S/C22H24N6O3S/c1-2-16-3-5-17(6-4-16)24-22-25-18(15-32-22)13-21(29)27-11-9-26(10-12-27)20-8-7-19(14-23-20)28(30)31/h3-8,14-15H,2,9-13H2,1H3,(H,24,25). The largest absolute Gasteiger partial charge is 0.353 e. The Kier molecular flexibility index (Phi) is 6.60. The Morgan fingerprint density at radius 1 is 1.16 bits per heavy atom. The summed E-state index contributed by atoms with van der Waals surface area (Å²) in [6.07, 6.45) is 2.53. The van der Waals surface area contributed by atoms with Crippen molar-refractivity contribution in [1.29, 1.82) is 0 Å². The lowest BCUT2D eigenvalue weighted by Gasteiger charge is -2.35. The van der Waals surface area contributed by atoms with Gasteiger partial charge >= 0.3 is 0 Å². The fraction of sp³-hybridized carbons (Fsp3) is 0.318. The van der Waals surface area contributed by atoms with E-state index in [9.17, 15) is 14.9 Å². The van der Waals surface area contributed by atoms with Crippen molar-refractivity contribution in [2.24, 2.45) is 0 Å². The Labute approximate surface area is 189 Å². The molecule has 3 heterocycles. The van der Waals surface area contributed by atoms with Crippen LogP contribution in [0.4, 0.5) is 22.3 Å². The highest BCUT2D eigenvalue weighted by Gasteiger charge is 2.23. The number of carbonyl (C=O) groups is 1. The lowest BCUT2D eigenvalue weighted by Crippen LogP contribution is -2.49. The predicted molar refractivity (Wildman–Crippen MR) is 125 cm³/mol. The van der Waals surface area contributed by atoms with Crippen LogP contribution >= 0.6 is 11.3 Å². The minimum absolute atomic E-state index is 0.0299. The highest BCUT2D eigenvalue weighted by molar-refractivity contribution is 7.13. The number of piperazine rings is 1. The first-order valence-corrected chi connectivity index (χ1v) is 11.3. The molecule has 32 heavy (non-hydrogen) atoms. The molecular weight excluding hydrogens is 428 g/mol. The topological polar surface area (TPSA) is 105 Å². The Morgan fingerprint density at radius 3 is 2.53 bits per heavy atom. The van der Waals surface area contributed by atoms with Gasteiger partial charge in [0.1, 0.15) is 12.0 Å². The minimum Gasteiger partial charge on any atom is -0.353 e. The number of nitro groups is 1. The van der Waals surface area contributed by atoms with Crippen LogP contribution in [0, 0.1) is 10.1 Å². The molecule has 0 aliphatic carbocycles. The van der Waals surface area contributed by atoms with Crippen molar-refractivity contribution in [1.82, 2.24) is 14.9 Å². The third kappa shape index (κ3) is 5.20. The molecule has 2 aromatic heterocycles. The summed E-state index contributed by atoms with van der Waals surface area (Å²) in [5, 5.41) is 16.7. The number of carbonyl (C=O) groups excluding carboxylic acids is 1. The molecule has 4 rings (SSSR count). The highest BCUT2D eigenvalue weighted by Crippen LogP contribution is 2.22. The first-order valence-electron chi connectivity index (χ1n) is 10.5. The number of benzene rings is 1. The van der Waals surface area contributed by atoms with Crippen molar-refractivity contribution in [2.45, 2.75) is 19.8 Å². The molecule has 1 aliphatic rings. The summed E-state index contributed by atoms with van der Waals surface area (Å²) in [7, 11) is 0. The summed E-state index contributed by atoms with van der Waals surface area (Å²) in [4.78, 5) is 35.6. The van der Waals surface area contributed by atoms with Gasteiger partial charge in [-0.05, 0) is 30.2 Å². The van der Waals surface area contributed by atoms with Gasteiger partial charge in [0.15, 0.2) is 5.13 Å². The lowest BCUT2D eigenvalue weighted by atomic mass is 10.1. The second-order valence-corrected chi connectivity index (χ2v) is 8.35. The van der Waals surface area contributed by atoms with Crippen LogP contribution in [0.25, 0.3) is 0 Å². The van der Waals surface area contributed by atoms with E-state index in [0.29, 0.717) is 32.0 Å². The second kappa shape index (κ2) is 9.73. The van der Waals surface area contributed by atoms with Crippen LogP contribution in [0.15, 0.2) is 48.0 Å². The van der Waals surface area contributed by atoms with Gasteiger partial charge in [0.2, 0.25) is 5.91 Å². The van der Waals surface area contributed by atoms with Crippen LogP contribution in [0.1, 0.15) is 18.2 Å². The maximum Gasteiger partial charge on any atom is 0.287 e. The lowest BCUT2D eigenvalue weighted by molar-refractivity contribution is -0.385. The van der Waals surface area contributed by atoms with Crippen LogP contribution in [0.2, 0.25) is 0 Å². The molecule has 0 spiro atoms. The summed E-state index contributed by atoms with van der Waals surface area (Å²) in [5.41, 5.74) is 2.99. The number of nitrogens with one attached hydrogen (secondary N) is 1. The molecule has 10 heteroatoms. The predicted octanol–water partition coefficient (Wildman–Crippen LogP) is 3.64. The van der Waals surface area contributed by atoms with Crippen molar-refractivity contribution in [3.8, 4) is 0 Å². The zero-order valence-electron chi connectivity index (χ0n) is 17.7. The fourth-order valence-corrected chi connectivity index (χ4v) is 4.25. The third-order valence-corrected chi connectivity index (χ3v) is 6.20. The normalized spacial score (nSPS) is 13.8. The van der Waals surface area contributed by atoms with E-state index in [1.165, 1.54) is 29.2 Å². The van der Waals surface area contributed by atoms with Gasteiger partial charge in [-0.3, -0.25) is 14.9 Å². The van der Waals surface area contributed by atoms with Gasteiger partial charge in [0.05, 0.1) is 17.0 Å². The fourth-order valence-electron chi connectivity index (χ4n) is 3.52. The maximum absolute atomic E-state index is 12.7. The van der Waals surface area contributed by atoms with Gasteiger partial charge in [-0.2, -0.15) is 0 Å². The molecule has 1 saturated heterocycles. The third-order valence-electron chi connectivity index (χ3n) is 5.40. The van der Waals surface area contributed by atoms with E-state index in [1.54, 1.807) is 6.07 Å². The van der Waals surface area contributed by atoms with Crippen LogP contribution in [-0.4, -0.2) is 51.9 Å². The van der Waals surface area contributed by atoms with E-state index in [4.69, 9.17) is 0 Å². The zero-order valence-corrected chi connectivity index (χ0v) is 18.5. The van der Waals surface area contributed by atoms with E-state index in [1.807, 2.05) is 27.3 Å². The average Bonchev–Trinajstić information content (AvgIpc) is 3.26. The molecule has 0 unspecified atom stereocenters. The number of thiazole rings is 1. The molecular formula is C22H24N6O3S. The second-order valence-electron chi connectivity index (χ2n) is 7.50. The quantitative estimate of drug-likeness (QED) is 0.431. The van der Waals surface area contributed by atoms with Crippen molar-refractivity contribution in [3.63, 3.8) is 0 Å². The van der Waals surface area contributed by atoms with E-state index < -0.39 is 4.92 Å². The summed E-state index contributed by atoms with van der Waals surface area (Å²) < 4.78 is 0. The summed E-state index contributed by atoms with van der Waals surface area (Å²) in [5.74, 6) is 0.732. The Bertz CT molecular complexity index is 1080. The number of amides is 1. The monoisotopic (exact) mass is 452 g/mol. The number of pyridine rings is 1. The van der Waals surface area contributed by atoms with Gasteiger partial charge in [-0.15, -0.1) is 11.3 Å². The summed E-state index contributed by atoms with van der Waals surface area (Å²) >= 11 is 1.49. The smallest absolute Gasteiger partial charge is 0.287 e. The molecule has 9 nitrogen and oxygen atoms in total. The zero-order chi connectivity index (χ0) is 22.5. The van der Waals surface area contributed by atoms with Gasteiger partial charge in [0.25, 0.3) is 5.69 Å². The van der Waals surface area contributed by atoms with E-state index in [-0.39, 0.29) is 18.0 Å². The molecule has 0 saturated carbocycles. The molecule has 166 valence electrons. The average molecular weight is 453 g/mol. The van der Waals surface area contributed by atoms with Crippen molar-refractivity contribution in [3.05, 3.63) is 69.3 Å². The van der Waals surface area contributed by atoms with Gasteiger partial charge in [-0.25, -0.2) is 9.97 Å². The number of hydrogen-bond donors (Lipinski definition) is 1. The van der Waals surface area contributed by atoms with Gasteiger partial charge in [-0.1, -0.05) is 19.1 Å². The summed E-state index contributed by atoms with van der Waals surface area (Å²) in [6.45, 7) is 4.55. The van der Waals surface area contributed by atoms with Gasteiger partial charge in [0, 0.05) is 43.3 Å². The van der Waals surface area contributed by atoms with Crippen molar-refractivity contribution in [2.75, 3.05) is 36.4 Å². The molecule has 1 aromatic carbocycles. The number of hydrogen-bond acceptors (Lipinski definition) is 8. The van der Waals surface area contributed by atoms with Gasteiger partial charge < -0.3 is 15.1 Å². The number of rotatable bonds is 7. The number of aryl methyl sites for hydroxylation is 1. The Morgan fingerprint density at radius 2 is 1.91 bits per heavy atom. The number of nitrogens with zero attached hydrogens (tertiary/aromatic N) is 5. The van der Waals surface area contributed by atoms with E-state index >= 15 is 0 Å². The Hall–Kier alpha value is -3.53. The van der Waals surface area contributed by atoms with Crippen LogP contribution in [0.5, 0.6) is 0 Å². The van der Waals surface area contributed by atoms with E-state index in [0.717, 1.165) is 22.9 Å². The van der Waals surface area contributed by atoms with Crippen LogP contribution in [-0.2, 0) is 17.6 Å². The molecule has 1 amide bonds. The molecule has 1 aliphatic heterocycles. The molecule has 0 radical (unpaired) electrons. The molecule has 3 aromatic rings. The highest BCUT2D eigenvalue weighted by atomic mass is 32.1. The van der Waals surface area contributed by atoms with Crippen molar-refractivity contribution < 1.29 is 9.72 Å². The Balaban J connectivity index is 1.28. The first kappa shape index (κ1) is 21.7. The maximum atomic E-state index is 12.7. The molecule has 1 N–H and O–H groups in total. The molecule has 0 atom stereocenters. The molecule has 1 fully saturated rings. The minimum atomic E-state index is -0.463. The SMILES string of the molecule is CCc1ccc(Nc2nc(CC(=O)N3CCN(c4ccc([N+](=O)[O-])cn4)CC3)cs2)cc1. The first-order chi connectivity index (χ1) is 15.5. The number of aromatic nitrogens is 2. The number of anilines is 3. The van der Waals surface area contributed by atoms with Crippen molar-refractivity contribution >= 4 is 39.6 Å². The van der Waals surface area contributed by atoms with E-state index in [2.05, 4.69) is 34.3 Å². The van der Waals surface area contributed by atoms with Crippen LogP contribution < -0.4 is 10.2 Å². The summed E-state index contributed by atoms with van der Waals surface area (Å²) in [6, 6.07) is 11.3.